The normalized spacial score (nSPS) is 21.5. The Morgan fingerprint density at radius 3 is 2.84 bits per heavy atom. The van der Waals surface area contributed by atoms with Gasteiger partial charge in [-0.3, -0.25) is 14.8 Å². The molecule has 0 unspecified atom stereocenters. The molecule has 2 heterocycles. The molecule has 138 valence electrons. The van der Waals surface area contributed by atoms with Gasteiger partial charge in [-0.05, 0) is 40.2 Å². The zero-order valence-electron chi connectivity index (χ0n) is 15.1. The Morgan fingerprint density at radius 2 is 2.24 bits per heavy atom. The van der Waals surface area contributed by atoms with E-state index in [-0.39, 0.29) is 5.69 Å². The van der Waals surface area contributed by atoms with Gasteiger partial charge < -0.3 is 15.4 Å². The Kier molecular flexibility index (Phi) is 5.17. The van der Waals surface area contributed by atoms with Gasteiger partial charge in [-0.1, -0.05) is 12.2 Å². The molecule has 1 aliphatic heterocycles. The number of ether oxygens (including phenoxy) is 1. The van der Waals surface area contributed by atoms with Gasteiger partial charge in [0.15, 0.2) is 0 Å². The summed E-state index contributed by atoms with van der Waals surface area (Å²) >= 11 is 0. The molecule has 1 saturated heterocycles. The number of carbonyl (C=O) groups excluding carboxylic acids is 1. The zero-order valence-corrected chi connectivity index (χ0v) is 15.1. The lowest BCUT2D eigenvalue weighted by Crippen LogP contribution is -2.49. The van der Waals surface area contributed by atoms with Gasteiger partial charge in [0.25, 0.3) is 0 Å². The fraction of sp³-hybridized carbons (Fsp3) is 0.625. The molecule has 1 atom stereocenters. The minimum Gasteiger partial charge on any atom is -0.444 e. The van der Waals surface area contributed by atoms with Crippen LogP contribution in [0.1, 0.15) is 39.3 Å². The first-order valence-corrected chi connectivity index (χ1v) is 8.09. The van der Waals surface area contributed by atoms with Crippen LogP contribution in [0.5, 0.6) is 0 Å². The van der Waals surface area contributed by atoms with Crippen LogP contribution in [0.4, 0.5) is 10.5 Å². The van der Waals surface area contributed by atoms with E-state index < -0.39 is 22.2 Å². The first-order valence-electron chi connectivity index (χ1n) is 8.09. The molecular weight excluding hydrogens is 326 g/mol. The van der Waals surface area contributed by atoms with E-state index in [0.717, 1.165) is 5.57 Å². The number of nitro groups is 1. The van der Waals surface area contributed by atoms with Crippen LogP contribution in [0.25, 0.3) is 0 Å². The topological polar surface area (TPSA) is 111 Å². The first-order chi connectivity index (χ1) is 11.5. The highest BCUT2D eigenvalue weighted by molar-refractivity contribution is 5.69. The van der Waals surface area contributed by atoms with Crippen molar-refractivity contribution in [3.63, 3.8) is 0 Å². The van der Waals surface area contributed by atoms with Gasteiger partial charge in [0.1, 0.15) is 17.5 Å². The van der Waals surface area contributed by atoms with Crippen LogP contribution in [-0.4, -0.2) is 39.5 Å². The summed E-state index contributed by atoms with van der Waals surface area (Å²) in [7, 11) is 1.63. The quantitative estimate of drug-likeness (QED) is 0.489. The number of amides is 1. The van der Waals surface area contributed by atoms with Crippen LogP contribution in [0.2, 0.25) is 0 Å². The maximum absolute atomic E-state index is 12.5. The van der Waals surface area contributed by atoms with Crippen LogP contribution in [-0.2, 0) is 17.3 Å². The van der Waals surface area contributed by atoms with Gasteiger partial charge in [-0.2, -0.15) is 5.10 Å². The lowest BCUT2D eigenvalue weighted by atomic mass is 9.84. The van der Waals surface area contributed by atoms with Crippen LogP contribution in [0, 0.1) is 10.1 Å². The SMILES string of the molecule is C=C1CNCC[C@@](NC(=O)OC(C)(C)C)(c2c([N+](=O)[O-])cnn2C)C1. The van der Waals surface area contributed by atoms with E-state index in [9.17, 15) is 14.9 Å². The lowest BCUT2D eigenvalue weighted by Gasteiger charge is -2.34. The van der Waals surface area contributed by atoms with Crippen LogP contribution < -0.4 is 10.6 Å². The number of hydrogen-bond acceptors (Lipinski definition) is 6. The van der Waals surface area contributed by atoms with Gasteiger partial charge in [0, 0.05) is 13.6 Å². The molecule has 1 aromatic rings. The molecular formula is C16H25N5O4. The Bertz CT molecular complexity index is 691. The number of rotatable bonds is 3. The first kappa shape index (κ1) is 18.9. The van der Waals surface area contributed by atoms with Gasteiger partial charge in [-0.25, -0.2) is 4.79 Å². The van der Waals surface area contributed by atoms with Gasteiger partial charge in [0.2, 0.25) is 0 Å². The van der Waals surface area contributed by atoms with E-state index in [1.807, 2.05) is 0 Å². The van der Waals surface area contributed by atoms with Crippen molar-refractivity contribution in [1.29, 1.82) is 0 Å². The molecule has 9 heteroatoms. The second-order valence-corrected chi connectivity index (χ2v) is 7.32. The van der Waals surface area contributed by atoms with Gasteiger partial charge in [0.05, 0.1) is 10.5 Å². The maximum atomic E-state index is 12.5. The van der Waals surface area contributed by atoms with Crippen molar-refractivity contribution in [3.05, 3.63) is 34.2 Å². The second kappa shape index (κ2) is 6.83. The van der Waals surface area contributed by atoms with Crippen molar-refractivity contribution in [2.75, 3.05) is 13.1 Å². The molecule has 0 saturated carbocycles. The van der Waals surface area contributed by atoms with Crippen molar-refractivity contribution in [2.45, 2.75) is 44.8 Å². The molecule has 0 radical (unpaired) electrons. The van der Waals surface area contributed by atoms with E-state index in [4.69, 9.17) is 4.74 Å². The van der Waals surface area contributed by atoms with Crippen molar-refractivity contribution < 1.29 is 14.5 Å². The monoisotopic (exact) mass is 351 g/mol. The highest BCUT2D eigenvalue weighted by atomic mass is 16.6. The van der Waals surface area contributed by atoms with E-state index in [1.165, 1.54) is 10.9 Å². The molecule has 1 aromatic heterocycles. The van der Waals surface area contributed by atoms with Crippen LogP contribution in [0.15, 0.2) is 18.3 Å². The Labute approximate surface area is 146 Å². The molecule has 0 aromatic carbocycles. The summed E-state index contributed by atoms with van der Waals surface area (Å²) in [4.78, 5) is 23.4. The molecule has 0 bridgehead atoms. The maximum Gasteiger partial charge on any atom is 0.408 e. The predicted octanol–water partition coefficient (Wildman–Crippen LogP) is 1.99. The van der Waals surface area contributed by atoms with Crippen LogP contribution >= 0.6 is 0 Å². The molecule has 2 rings (SSSR count). The summed E-state index contributed by atoms with van der Waals surface area (Å²) in [6, 6.07) is 0. The number of aromatic nitrogens is 2. The molecule has 1 amide bonds. The number of nitrogens with one attached hydrogen (secondary N) is 2. The average Bonchev–Trinajstić information content (AvgIpc) is 2.74. The number of nitrogens with zero attached hydrogens (tertiary/aromatic N) is 3. The number of aryl methyl sites for hydroxylation is 1. The Balaban J connectivity index is 2.50. The predicted molar refractivity (Wildman–Crippen MR) is 92.2 cm³/mol. The van der Waals surface area contributed by atoms with Crippen LogP contribution in [0.3, 0.4) is 0 Å². The molecule has 0 aliphatic carbocycles. The minimum atomic E-state index is -1.02. The lowest BCUT2D eigenvalue weighted by molar-refractivity contribution is -0.386. The van der Waals surface area contributed by atoms with Gasteiger partial charge >= 0.3 is 11.8 Å². The highest BCUT2D eigenvalue weighted by Gasteiger charge is 2.44. The summed E-state index contributed by atoms with van der Waals surface area (Å²) in [5.74, 6) is 0. The minimum absolute atomic E-state index is 0.131. The third-order valence-electron chi connectivity index (χ3n) is 3.96. The smallest absolute Gasteiger partial charge is 0.408 e. The van der Waals surface area contributed by atoms with Gasteiger partial charge in [-0.15, -0.1) is 0 Å². The van der Waals surface area contributed by atoms with Crippen molar-refractivity contribution >= 4 is 11.8 Å². The van der Waals surface area contributed by atoms with Crippen molar-refractivity contribution in [1.82, 2.24) is 20.4 Å². The third-order valence-corrected chi connectivity index (χ3v) is 3.96. The molecule has 1 aliphatic rings. The standard InChI is InChI=1S/C16H25N5O4/c1-11-8-16(6-7-17-9-11,19-14(22)25-15(2,3)4)13-12(21(23)24)10-18-20(13)5/h10,17H,1,6-9H2,2-5H3,(H,19,22)/t16-/m0/s1. The summed E-state index contributed by atoms with van der Waals surface area (Å²) in [6.45, 7) is 10.5. The van der Waals surface area contributed by atoms with E-state index in [0.29, 0.717) is 31.6 Å². The summed E-state index contributed by atoms with van der Waals surface area (Å²) < 4.78 is 6.82. The molecule has 0 spiro atoms. The molecule has 25 heavy (non-hydrogen) atoms. The van der Waals surface area contributed by atoms with Crippen molar-refractivity contribution in [2.24, 2.45) is 7.05 Å². The fourth-order valence-corrected chi connectivity index (χ4v) is 3.13. The summed E-state index contributed by atoms with van der Waals surface area (Å²) in [5, 5.41) is 21.6. The highest BCUT2D eigenvalue weighted by Crippen LogP contribution is 2.38. The number of hydrogen-bond donors (Lipinski definition) is 2. The molecule has 9 nitrogen and oxygen atoms in total. The largest absolute Gasteiger partial charge is 0.444 e. The fourth-order valence-electron chi connectivity index (χ4n) is 3.13. The average molecular weight is 351 g/mol. The Morgan fingerprint density at radius 1 is 1.56 bits per heavy atom. The molecule has 2 N–H and O–H groups in total. The zero-order chi connectivity index (χ0) is 18.8. The third kappa shape index (κ3) is 4.36. The van der Waals surface area contributed by atoms with E-state index >= 15 is 0 Å². The molecule has 1 fully saturated rings. The Hall–Kier alpha value is -2.42. The summed E-state index contributed by atoms with van der Waals surface area (Å²) in [6.07, 6.45) is 1.39. The second-order valence-electron chi connectivity index (χ2n) is 7.32. The van der Waals surface area contributed by atoms with E-state index in [1.54, 1.807) is 27.8 Å². The number of alkyl carbamates (subject to hydrolysis) is 1. The van der Waals surface area contributed by atoms with Crippen molar-refractivity contribution in [3.8, 4) is 0 Å². The van der Waals surface area contributed by atoms with E-state index in [2.05, 4.69) is 22.3 Å². The summed E-state index contributed by atoms with van der Waals surface area (Å²) in [5.41, 5.74) is -0.647. The number of carbonyl (C=O) groups is 1.